The molecular weight excluding hydrogens is 403 g/mol. The third-order valence-electron chi connectivity index (χ3n) is 5.35. The predicted octanol–water partition coefficient (Wildman–Crippen LogP) is 6.41. The van der Waals surface area contributed by atoms with Crippen LogP contribution in [0.5, 0.6) is 0 Å². The van der Waals surface area contributed by atoms with Crippen molar-refractivity contribution in [3.05, 3.63) is 107 Å². The molecule has 0 unspecified atom stereocenters. The first-order valence-electron chi connectivity index (χ1n) is 10.4. The summed E-state index contributed by atoms with van der Waals surface area (Å²) < 4.78 is 14.3. The van der Waals surface area contributed by atoms with Crippen LogP contribution in [0.4, 0.5) is 4.39 Å². The maximum atomic E-state index is 14.3. The lowest BCUT2D eigenvalue weighted by Gasteiger charge is -2.20. The molecule has 4 aromatic rings. The minimum absolute atomic E-state index is 0.198. The van der Waals surface area contributed by atoms with Crippen molar-refractivity contribution in [2.75, 3.05) is 0 Å². The number of nitrogens with zero attached hydrogens (tertiary/aromatic N) is 1. The molecule has 3 aromatic carbocycles. The van der Waals surface area contributed by atoms with Crippen LogP contribution in [0.1, 0.15) is 36.1 Å². The second kappa shape index (κ2) is 9.02. The quantitative estimate of drug-likeness (QED) is 0.276. The maximum absolute atomic E-state index is 14.3. The Bertz CT molecular complexity index is 1320. The number of rotatable bonds is 6. The number of fused-ring (bicyclic) bond motifs is 1. The van der Waals surface area contributed by atoms with E-state index >= 15 is 0 Å². The SMILES string of the molecule is CC(C)/C(=C(/c1ccc(/C=C/C(=O)O)cc1)c1ccc2n[nH]c(F)c2c1)c1ccccc1. The zero-order valence-corrected chi connectivity index (χ0v) is 17.8. The number of hydrogen-bond acceptors (Lipinski definition) is 2. The Balaban J connectivity index is 1.95. The van der Waals surface area contributed by atoms with Crippen molar-refractivity contribution in [3.63, 3.8) is 0 Å². The number of hydrogen-bond donors (Lipinski definition) is 2. The van der Waals surface area contributed by atoms with Crippen LogP contribution in [-0.2, 0) is 4.79 Å². The van der Waals surface area contributed by atoms with Crippen molar-refractivity contribution >= 4 is 34.1 Å². The predicted molar refractivity (Wildman–Crippen MR) is 126 cm³/mol. The molecule has 4 nitrogen and oxygen atoms in total. The molecule has 0 aliphatic rings. The van der Waals surface area contributed by atoms with E-state index in [9.17, 15) is 9.18 Å². The molecule has 0 aliphatic carbocycles. The molecule has 0 aliphatic heterocycles. The average molecular weight is 426 g/mol. The molecule has 4 rings (SSSR count). The Morgan fingerprint density at radius 1 is 0.969 bits per heavy atom. The summed E-state index contributed by atoms with van der Waals surface area (Å²) in [6.07, 6.45) is 2.67. The maximum Gasteiger partial charge on any atom is 0.328 e. The summed E-state index contributed by atoms with van der Waals surface area (Å²) in [6.45, 7) is 4.28. The van der Waals surface area contributed by atoms with Crippen LogP contribution in [0.2, 0.25) is 0 Å². The number of aromatic amines is 1. The first-order chi connectivity index (χ1) is 15.4. The van der Waals surface area contributed by atoms with Crippen LogP contribution in [0.15, 0.2) is 78.9 Å². The number of allylic oxidation sites excluding steroid dienone is 1. The highest BCUT2D eigenvalue weighted by Crippen LogP contribution is 2.38. The zero-order chi connectivity index (χ0) is 22.7. The van der Waals surface area contributed by atoms with Gasteiger partial charge in [0.15, 0.2) is 0 Å². The molecule has 0 radical (unpaired) electrons. The number of carbonyl (C=O) groups is 1. The molecule has 160 valence electrons. The van der Waals surface area contributed by atoms with Gasteiger partial charge in [0, 0.05) is 6.08 Å². The van der Waals surface area contributed by atoms with E-state index in [-0.39, 0.29) is 5.92 Å². The first-order valence-corrected chi connectivity index (χ1v) is 10.4. The molecule has 0 fully saturated rings. The first kappa shape index (κ1) is 21.2. The summed E-state index contributed by atoms with van der Waals surface area (Å²) in [5.74, 6) is -1.25. The van der Waals surface area contributed by atoms with Crippen LogP contribution >= 0.6 is 0 Å². The number of benzene rings is 3. The number of carboxylic acids is 1. The van der Waals surface area contributed by atoms with Crippen molar-refractivity contribution in [1.29, 1.82) is 0 Å². The Labute approximate surface area is 185 Å². The fourth-order valence-corrected chi connectivity index (χ4v) is 3.92. The van der Waals surface area contributed by atoms with E-state index in [1.54, 1.807) is 6.08 Å². The van der Waals surface area contributed by atoms with E-state index < -0.39 is 11.9 Å². The highest BCUT2D eigenvalue weighted by atomic mass is 19.1. The summed E-state index contributed by atoms with van der Waals surface area (Å²) >= 11 is 0. The van der Waals surface area contributed by atoms with Crippen LogP contribution in [0.25, 0.3) is 28.1 Å². The van der Waals surface area contributed by atoms with Crippen LogP contribution < -0.4 is 0 Å². The highest BCUT2D eigenvalue weighted by Gasteiger charge is 2.18. The van der Waals surface area contributed by atoms with Crippen LogP contribution in [0.3, 0.4) is 0 Å². The van der Waals surface area contributed by atoms with Gasteiger partial charge in [-0.25, -0.2) is 4.79 Å². The van der Waals surface area contributed by atoms with Gasteiger partial charge in [0.2, 0.25) is 5.95 Å². The molecule has 2 N–H and O–H groups in total. The molecule has 0 saturated carbocycles. The standard InChI is InChI=1S/C27H23FN2O2/c1-17(2)25(19-6-4-3-5-7-19)26(20-11-8-18(9-12-20)10-15-24(31)32)21-13-14-23-22(16-21)27(28)30-29-23/h3-17H,1-2H3,(H,29,30)(H,31,32)/b15-10+,26-25+. The lowest BCUT2D eigenvalue weighted by atomic mass is 9.83. The van der Waals surface area contributed by atoms with E-state index in [4.69, 9.17) is 5.11 Å². The molecule has 1 aromatic heterocycles. The van der Waals surface area contributed by atoms with Crippen LogP contribution in [-0.4, -0.2) is 21.3 Å². The van der Waals surface area contributed by atoms with E-state index in [2.05, 4.69) is 36.2 Å². The minimum atomic E-state index is -0.990. The smallest absolute Gasteiger partial charge is 0.328 e. The topological polar surface area (TPSA) is 66.0 Å². The van der Waals surface area contributed by atoms with Crippen molar-refractivity contribution in [2.45, 2.75) is 13.8 Å². The minimum Gasteiger partial charge on any atom is -0.478 e. The molecule has 5 heteroatoms. The van der Waals surface area contributed by atoms with Crippen molar-refractivity contribution in [2.24, 2.45) is 5.92 Å². The van der Waals surface area contributed by atoms with E-state index in [1.807, 2.05) is 60.7 Å². The Hall–Kier alpha value is -3.99. The molecule has 0 saturated heterocycles. The van der Waals surface area contributed by atoms with Gasteiger partial charge in [0.05, 0.1) is 10.9 Å². The second-order valence-corrected chi connectivity index (χ2v) is 7.87. The molecule has 32 heavy (non-hydrogen) atoms. The fraction of sp³-hybridized carbons (Fsp3) is 0.111. The Morgan fingerprint density at radius 2 is 1.66 bits per heavy atom. The zero-order valence-electron chi connectivity index (χ0n) is 17.8. The number of halogens is 1. The van der Waals surface area contributed by atoms with Gasteiger partial charge >= 0.3 is 5.97 Å². The Morgan fingerprint density at radius 3 is 2.31 bits per heavy atom. The van der Waals surface area contributed by atoms with Gasteiger partial charge in [-0.3, -0.25) is 5.10 Å². The Kier molecular flexibility index (Phi) is 5.99. The molecule has 0 atom stereocenters. The summed E-state index contributed by atoms with van der Waals surface area (Å²) in [5, 5.41) is 15.7. The third-order valence-corrected chi connectivity index (χ3v) is 5.35. The third kappa shape index (κ3) is 4.37. The van der Waals surface area contributed by atoms with Gasteiger partial charge < -0.3 is 5.11 Å². The number of aromatic nitrogens is 2. The fourth-order valence-electron chi connectivity index (χ4n) is 3.92. The molecule has 1 heterocycles. The van der Waals surface area contributed by atoms with Gasteiger partial charge in [-0.2, -0.15) is 9.49 Å². The van der Waals surface area contributed by atoms with E-state index in [0.717, 1.165) is 39.5 Å². The van der Waals surface area contributed by atoms with Gasteiger partial charge in [-0.15, -0.1) is 0 Å². The second-order valence-electron chi connectivity index (χ2n) is 7.87. The summed E-state index contributed by atoms with van der Waals surface area (Å²) in [7, 11) is 0. The van der Waals surface area contributed by atoms with E-state index in [0.29, 0.717) is 10.9 Å². The molecular formula is C27H23FN2O2. The number of nitrogens with one attached hydrogen (secondary N) is 1. The highest BCUT2D eigenvalue weighted by molar-refractivity contribution is 6.01. The largest absolute Gasteiger partial charge is 0.478 e. The van der Waals surface area contributed by atoms with Crippen molar-refractivity contribution in [1.82, 2.24) is 10.2 Å². The van der Waals surface area contributed by atoms with Gasteiger partial charge in [-0.05, 0) is 57.5 Å². The number of H-pyrrole nitrogens is 1. The molecule has 0 bridgehead atoms. The van der Waals surface area contributed by atoms with E-state index in [1.165, 1.54) is 0 Å². The molecule has 0 amide bonds. The average Bonchev–Trinajstić information content (AvgIpc) is 3.17. The van der Waals surface area contributed by atoms with Crippen molar-refractivity contribution in [3.8, 4) is 0 Å². The number of aliphatic carboxylic acids is 1. The number of carboxylic acid groups (broad SMARTS) is 1. The monoisotopic (exact) mass is 426 g/mol. The van der Waals surface area contributed by atoms with Crippen LogP contribution in [0, 0.1) is 11.9 Å². The molecule has 0 spiro atoms. The van der Waals surface area contributed by atoms with Gasteiger partial charge in [0.1, 0.15) is 0 Å². The summed E-state index contributed by atoms with van der Waals surface area (Å²) in [6, 6.07) is 23.5. The lowest BCUT2D eigenvalue weighted by molar-refractivity contribution is -0.131. The van der Waals surface area contributed by atoms with Crippen molar-refractivity contribution < 1.29 is 14.3 Å². The summed E-state index contributed by atoms with van der Waals surface area (Å²) in [4.78, 5) is 10.8. The summed E-state index contributed by atoms with van der Waals surface area (Å²) in [5.41, 5.74) is 6.46. The van der Waals surface area contributed by atoms with Gasteiger partial charge in [0.25, 0.3) is 0 Å². The van der Waals surface area contributed by atoms with Gasteiger partial charge in [-0.1, -0.05) is 74.5 Å². The normalized spacial score (nSPS) is 12.5. The lowest BCUT2D eigenvalue weighted by Crippen LogP contribution is -2.01.